The summed E-state index contributed by atoms with van der Waals surface area (Å²) < 4.78 is 11.8. The van der Waals surface area contributed by atoms with E-state index in [0.29, 0.717) is 22.2 Å². The van der Waals surface area contributed by atoms with Crippen LogP contribution in [0.1, 0.15) is 16.1 Å². The van der Waals surface area contributed by atoms with Gasteiger partial charge in [-0.1, -0.05) is 11.8 Å². The van der Waals surface area contributed by atoms with Crippen LogP contribution in [-0.4, -0.2) is 39.5 Å². The monoisotopic (exact) mass is 386 g/mol. The lowest BCUT2D eigenvalue weighted by Crippen LogP contribution is -2.14. The topological polar surface area (TPSA) is 99.2 Å². The van der Waals surface area contributed by atoms with Crippen molar-refractivity contribution in [3.8, 4) is 11.4 Å². The summed E-state index contributed by atoms with van der Waals surface area (Å²) in [6.45, 7) is 1.86. The number of rotatable bonds is 6. The van der Waals surface area contributed by atoms with E-state index in [2.05, 4.69) is 20.3 Å². The summed E-state index contributed by atoms with van der Waals surface area (Å²) in [5.41, 5.74) is 1.89. The van der Waals surface area contributed by atoms with Crippen LogP contribution in [0.4, 0.5) is 5.69 Å². The van der Waals surface area contributed by atoms with Gasteiger partial charge in [0.15, 0.2) is 11.0 Å². The second kappa shape index (κ2) is 8.09. The molecule has 0 aliphatic rings. The third-order valence-electron chi connectivity index (χ3n) is 3.86. The number of furan rings is 1. The SMILES string of the molecule is COC(=O)c1ccc(NC(=O)CSc2nnc(-c3ccoc3C)n2C)cc1. The normalized spacial score (nSPS) is 10.6. The highest BCUT2D eigenvalue weighted by Gasteiger charge is 2.16. The van der Waals surface area contributed by atoms with Crippen LogP contribution in [0.25, 0.3) is 11.4 Å². The van der Waals surface area contributed by atoms with E-state index in [1.165, 1.54) is 18.9 Å². The fraction of sp³-hybridized carbons (Fsp3) is 0.222. The molecule has 0 unspecified atom stereocenters. The predicted molar refractivity (Wildman–Crippen MR) is 101 cm³/mol. The molecule has 2 aromatic heterocycles. The van der Waals surface area contributed by atoms with Gasteiger partial charge in [0.2, 0.25) is 5.91 Å². The Kier molecular flexibility index (Phi) is 5.60. The molecule has 0 bridgehead atoms. The van der Waals surface area contributed by atoms with Crippen LogP contribution in [0.2, 0.25) is 0 Å². The number of aryl methyl sites for hydroxylation is 1. The molecule has 8 nitrogen and oxygen atoms in total. The Morgan fingerprint density at radius 1 is 1.22 bits per heavy atom. The van der Waals surface area contributed by atoms with E-state index in [1.807, 2.05) is 24.6 Å². The van der Waals surface area contributed by atoms with Crippen molar-refractivity contribution in [3.63, 3.8) is 0 Å². The molecule has 1 aromatic carbocycles. The molecule has 0 saturated carbocycles. The van der Waals surface area contributed by atoms with Crippen molar-refractivity contribution in [1.82, 2.24) is 14.8 Å². The van der Waals surface area contributed by atoms with Gasteiger partial charge in [0.25, 0.3) is 0 Å². The van der Waals surface area contributed by atoms with E-state index >= 15 is 0 Å². The smallest absolute Gasteiger partial charge is 0.337 e. The standard InChI is InChI=1S/C18H18N4O4S/c1-11-14(8-9-26-11)16-20-21-18(22(16)2)27-10-15(23)19-13-6-4-12(5-7-13)17(24)25-3/h4-9H,10H2,1-3H3,(H,19,23). The van der Waals surface area contributed by atoms with Gasteiger partial charge in [0.1, 0.15) is 5.76 Å². The minimum atomic E-state index is -0.422. The highest BCUT2D eigenvalue weighted by atomic mass is 32.2. The number of nitrogens with zero attached hydrogens (tertiary/aromatic N) is 3. The van der Waals surface area contributed by atoms with Crippen LogP contribution in [0, 0.1) is 6.92 Å². The van der Waals surface area contributed by atoms with Crippen molar-refractivity contribution in [1.29, 1.82) is 0 Å². The predicted octanol–water partition coefficient (Wildman–Crippen LogP) is 2.90. The third-order valence-corrected chi connectivity index (χ3v) is 4.88. The number of aromatic nitrogens is 3. The summed E-state index contributed by atoms with van der Waals surface area (Å²) in [7, 11) is 3.16. The highest BCUT2D eigenvalue weighted by Crippen LogP contribution is 2.25. The first kappa shape index (κ1) is 18.7. The first-order valence-electron chi connectivity index (χ1n) is 8.04. The highest BCUT2D eigenvalue weighted by molar-refractivity contribution is 7.99. The van der Waals surface area contributed by atoms with Gasteiger partial charge in [-0.15, -0.1) is 10.2 Å². The zero-order valence-corrected chi connectivity index (χ0v) is 15.9. The average Bonchev–Trinajstić information content (AvgIpc) is 3.25. The maximum Gasteiger partial charge on any atom is 0.337 e. The zero-order chi connectivity index (χ0) is 19.4. The number of carbonyl (C=O) groups excluding carboxylic acids is 2. The molecule has 0 radical (unpaired) electrons. The Bertz CT molecular complexity index is 962. The average molecular weight is 386 g/mol. The lowest BCUT2D eigenvalue weighted by molar-refractivity contribution is -0.113. The largest absolute Gasteiger partial charge is 0.469 e. The van der Waals surface area contributed by atoms with Gasteiger partial charge in [-0.3, -0.25) is 4.79 Å². The van der Waals surface area contributed by atoms with Crippen molar-refractivity contribution < 1.29 is 18.7 Å². The molecule has 27 heavy (non-hydrogen) atoms. The molecule has 3 rings (SSSR count). The van der Waals surface area contributed by atoms with Crippen molar-refractivity contribution in [2.24, 2.45) is 7.05 Å². The van der Waals surface area contributed by atoms with Gasteiger partial charge in [0, 0.05) is 12.7 Å². The molecule has 0 saturated heterocycles. The molecule has 2 heterocycles. The van der Waals surface area contributed by atoms with E-state index in [-0.39, 0.29) is 11.7 Å². The molecule has 0 atom stereocenters. The van der Waals surface area contributed by atoms with Crippen molar-refractivity contribution in [2.75, 3.05) is 18.2 Å². The van der Waals surface area contributed by atoms with Gasteiger partial charge >= 0.3 is 5.97 Å². The lowest BCUT2D eigenvalue weighted by Gasteiger charge is -2.06. The maximum absolute atomic E-state index is 12.2. The van der Waals surface area contributed by atoms with Crippen molar-refractivity contribution >= 4 is 29.3 Å². The van der Waals surface area contributed by atoms with Gasteiger partial charge < -0.3 is 19.0 Å². The minimum Gasteiger partial charge on any atom is -0.469 e. The van der Waals surface area contributed by atoms with E-state index in [9.17, 15) is 9.59 Å². The van der Waals surface area contributed by atoms with Gasteiger partial charge in [-0.05, 0) is 37.3 Å². The summed E-state index contributed by atoms with van der Waals surface area (Å²) >= 11 is 1.28. The number of anilines is 1. The second-order valence-corrected chi connectivity index (χ2v) is 6.60. The molecule has 0 aliphatic carbocycles. The Labute approximate surface area is 159 Å². The van der Waals surface area contributed by atoms with E-state index in [0.717, 1.165) is 11.3 Å². The molecular formula is C18H18N4O4S. The molecule has 1 N–H and O–H groups in total. The maximum atomic E-state index is 12.2. The summed E-state index contributed by atoms with van der Waals surface area (Å²) in [6.07, 6.45) is 1.60. The first-order chi connectivity index (χ1) is 13.0. The Hall–Kier alpha value is -3.07. The third kappa shape index (κ3) is 4.20. The lowest BCUT2D eigenvalue weighted by atomic mass is 10.2. The number of thioether (sulfide) groups is 1. The van der Waals surface area contributed by atoms with E-state index < -0.39 is 5.97 Å². The minimum absolute atomic E-state index is 0.176. The fourth-order valence-corrected chi connectivity index (χ4v) is 3.14. The number of hydrogen-bond acceptors (Lipinski definition) is 7. The molecule has 0 aliphatic heterocycles. The molecule has 1 amide bonds. The Balaban J connectivity index is 1.59. The number of carbonyl (C=O) groups is 2. The van der Waals surface area contributed by atoms with E-state index in [1.54, 1.807) is 30.5 Å². The van der Waals surface area contributed by atoms with Gasteiger partial charge in [0.05, 0.1) is 30.3 Å². The van der Waals surface area contributed by atoms with Crippen LogP contribution in [0.15, 0.2) is 46.2 Å². The van der Waals surface area contributed by atoms with Crippen LogP contribution in [0.3, 0.4) is 0 Å². The molecule has 0 spiro atoms. The number of esters is 1. The van der Waals surface area contributed by atoms with Gasteiger partial charge in [-0.2, -0.15) is 0 Å². The summed E-state index contributed by atoms with van der Waals surface area (Å²) in [5, 5.41) is 11.7. The zero-order valence-electron chi connectivity index (χ0n) is 15.1. The van der Waals surface area contributed by atoms with Crippen molar-refractivity contribution in [3.05, 3.63) is 47.9 Å². The van der Waals surface area contributed by atoms with Gasteiger partial charge in [-0.25, -0.2) is 4.79 Å². The second-order valence-electron chi connectivity index (χ2n) is 5.66. The number of benzene rings is 1. The number of amides is 1. The number of hydrogen-bond donors (Lipinski definition) is 1. The number of nitrogens with one attached hydrogen (secondary N) is 1. The summed E-state index contributed by atoms with van der Waals surface area (Å²) in [5.74, 6) is 1.01. The molecule has 3 aromatic rings. The Morgan fingerprint density at radius 3 is 2.59 bits per heavy atom. The fourth-order valence-electron chi connectivity index (χ4n) is 2.43. The Morgan fingerprint density at radius 2 is 1.96 bits per heavy atom. The molecule has 140 valence electrons. The summed E-state index contributed by atoms with van der Waals surface area (Å²) in [4.78, 5) is 23.6. The summed E-state index contributed by atoms with van der Waals surface area (Å²) in [6, 6.07) is 8.32. The van der Waals surface area contributed by atoms with Crippen LogP contribution in [-0.2, 0) is 16.6 Å². The number of ether oxygens (including phenoxy) is 1. The quantitative estimate of drug-likeness (QED) is 0.514. The number of methoxy groups -OCH3 is 1. The molecule has 0 fully saturated rings. The van der Waals surface area contributed by atoms with Crippen molar-refractivity contribution in [2.45, 2.75) is 12.1 Å². The van der Waals surface area contributed by atoms with Crippen LogP contribution >= 0.6 is 11.8 Å². The molecule has 9 heteroatoms. The van der Waals surface area contributed by atoms with Crippen LogP contribution in [0.5, 0.6) is 0 Å². The first-order valence-corrected chi connectivity index (χ1v) is 9.03. The van der Waals surface area contributed by atoms with Crippen LogP contribution < -0.4 is 5.32 Å². The molecular weight excluding hydrogens is 368 g/mol. The van der Waals surface area contributed by atoms with E-state index in [4.69, 9.17) is 4.42 Å².